The molecule has 7 heteroatoms. The van der Waals surface area contributed by atoms with Gasteiger partial charge in [0.15, 0.2) is 5.65 Å². The van der Waals surface area contributed by atoms with Crippen LogP contribution in [0.25, 0.3) is 11.0 Å². The molecule has 4 heterocycles. The van der Waals surface area contributed by atoms with Crippen LogP contribution in [-0.2, 0) is 7.05 Å². The topological polar surface area (TPSA) is 79.7 Å². The Morgan fingerprint density at radius 3 is 3.04 bits per heavy atom. The van der Waals surface area contributed by atoms with Crippen LogP contribution in [0, 0.1) is 6.92 Å². The van der Waals surface area contributed by atoms with Crippen molar-refractivity contribution in [2.45, 2.75) is 25.8 Å². The fourth-order valence-electron chi connectivity index (χ4n) is 3.27. The summed E-state index contributed by atoms with van der Waals surface area (Å²) >= 11 is 0. The van der Waals surface area contributed by atoms with Crippen LogP contribution in [0.1, 0.15) is 40.5 Å². The van der Waals surface area contributed by atoms with Crippen molar-refractivity contribution in [3.8, 4) is 0 Å². The van der Waals surface area contributed by atoms with Gasteiger partial charge in [-0.05, 0) is 25.8 Å². The lowest BCUT2D eigenvalue weighted by atomic mass is 10.1. The zero-order valence-electron chi connectivity index (χ0n) is 13.2. The van der Waals surface area contributed by atoms with Crippen molar-refractivity contribution in [3.05, 3.63) is 41.5 Å². The molecule has 0 aliphatic carbocycles. The average molecular weight is 310 g/mol. The molecule has 4 rings (SSSR count). The van der Waals surface area contributed by atoms with Crippen LogP contribution in [0.15, 0.2) is 24.7 Å². The van der Waals surface area contributed by atoms with Gasteiger partial charge in [-0.25, -0.2) is 4.98 Å². The summed E-state index contributed by atoms with van der Waals surface area (Å²) in [6.07, 6.45) is 7.42. The molecule has 118 valence electrons. The molecule has 0 bridgehead atoms. The number of carbonyl (C=O) groups is 1. The summed E-state index contributed by atoms with van der Waals surface area (Å²) in [6, 6.07) is 1.97. The van der Waals surface area contributed by atoms with Gasteiger partial charge in [0.1, 0.15) is 0 Å². The number of hydrogen-bond acceptors (Lipinski definition) is 4. The van der Waals surface area contributed by atoms with Crippen molar-refractivity contribution < 1.29 is 4.79 Å². The summed E-state index contributed by atoms with van der Waals surface area (Å²) < 4.78 is 1.78. The van der Waals surface area contributed by atoms with Crippen molar-refractivity contribution in [1.29, 1.82) is 0 Å². The van der Waals surface area contributed by atoms with Crippen molar-refractivity contribution in [3.63, 3.8) is 0 Å². The van der Waals surface area contributed by atoms with Crippen molar-refractivity contribution in [1.82, 2.24) is 29.9 Å². The highest BCUT2D eigenvalue weighted by Gasteiger charge is 2.31. The molecule has 0 aromatic carbocycles. The number of pyridine rings is 1. The molecule has 0 radical (unpaired) electrons. The summed E-state index contributed by atoms with van der Waals surface area (Å²) in [5.41, 5.74) is 3.27. The van der Waals surface area contributed by atoms with E-state index < -0.39 is 0 Å². The highest BCUT2D eigenvalue weighted by molar-refractivity contribution is 5.97. The smallest absolute Gasteiger partial charge is 0.255 e. The Bertz CT molecular complexity index is 880. The lowest BCUT2D eigenvalue weighted by Crippen LogP contribution is -2.30. The number of amides is 1. The Kier molecular flexibility index (Phi) is 3.14. The van der Waals surface area contributed by atoms with Gasteiger partial charge in [0.25, 0.3) is 5.91 Å². The molecule has 0 spiro atoms. The molecule has 23 heavy (non-hydrogen) atoms. The van der Waals surface area contributed by atoms with E-state index in [-0.39, 0.29) is 11.9 Å². The van der Waals surface area contributed by atoms with Crippen molar-refractivity contribution in [2.75, 3.05) is 6.54 Å². The number of H-pyrrole nitrogens is 1. The second-order valence-electron chi connectivity index (χ2n) is 6.05. The van der Waals surface area contributed by atoms with Gasteiger partial charge in [-0.2, -0.15) is 10.2 Å². The predicted octanol–water partition coefficient (Wildman–Crippen LogP) is 1.98. The van der Waals surface area contributed by atoms with Gasteiger partial charge in [-0.1, -0.05) is 0 Å². The Labute approximate surface area is 133 Å². The first-order valence-electron chi connectivity index (χ1n) is 7.74. The van der Waals surface area contributed by atoms with Crippen LogP contribution >= 0.6 is 0 Å². The summed E-state index contributed by atoms with van der Waals surface area (Å²) in [4.78, 5) is 19.2. The van der Waals surface area contributed by atoms with Gasteiger partial charge in [-0.3, -0.25) is 14.6 Å². The molecule has 1 atom stereocenters. The lowest BCUT2D eigenvalue weighted by Gasteiger charge is -2.23. The number of carbonyl (C=O) groups excluding carboxylic acids is 1. The van der Waals surface area contributed by atoms with E-state index in [2.05, 4.69) is 20.3 Å². The maximum Gasteiger partial charge on any atom is 0.255 e. The zero-order valence-corrected chi connectivity index (χ0v) is 13.2. The molecule has 0 unspecified atom stereocenters. The molecule has 7 nitrogen and oxygen atoms in total. The Morgan fingerprint density at radius 2 is 2.26 bits per heavy atom. The van der Waals surface area contributed by atoms with E-state index in [1.54, 1.807) is 10.9 Å². The standard InChI is InChI=1S/C16H18N6O/c1-10-13-6-11(7-17-15(13)20-19-10)16(23)22-5-3-4-14(22)12-8-18-21(2)9-12/h6-9,14H,3-5H2,1-2H3,(H,17,19,20)/t14-/m1/s1. The number of aromatic nitrogens is 5. The first kappa shape index (κ1) is 13.9. The highest BCUT2D eigenvalue weighted by Crippen LogP contribution is 2.33. The Balaban J connectivity index is 1.67. The van der Waals surface area contributed by atoms with Crippen LogP contribution in [0.3, 0.4) is 0 Å². The van der Waals surface area contributed by atoms with Crippen LogP contribution < -0.4 is 0 Å². The average Bonchev–Trinajstić information content (AvgIpc) is 3.26. The minimum atomic E-state index is 0.0198. The van der Waals surface area contributed by atoms with Crippen molar-refractivity contribution >= 4 is 16.9 Å². The minimum absolute atomic E-state index is 0.0198. The summed E-state index contributed by atoms with van der Waals surface area (Å²) in [7, 11) is 1.89. The maximum absolute atomic E-state index is 12.9. The van der Waals surface area contributed by atoms with E-state index in [9.17, 15) is 4.79 Å². The summed E-state index contributed by atoms with van der Waals surface area (Å²) in [6.45, 7) is 2.69. The van der Waals surface area contributed by atoms with Gasteiger partial charge in [0.2, 0.25) is 0 Å². The minimum Gasteiger partial charge on any atom is -0.331 e. The number of rotatable bonds is 2. The van der Waals surface area contributed by atoms with Gasteiger partial charge >= 0.3 is 0 Å². The number of nitrogens with zero attached hydrogens (tertiary/aromatic N) is 5. The third-order valence-electron chi connectivity index (χ3n) is 4.47. The molecule has 0 saturated carbocycles. The number of aromatic amines is 1. The number of aryl methyl sites for hydroxylation is 2. The van der Waals surface area contributed by atoms with Crippen LogP contribution in [0.2, 0.25) is 0 Å². The number of likely N-dealkylation sites (tertiary alicyclic amines) is 1. The van der Waals surface area contributed by atoms with Crippen LogP contribution in [-0.4, -0.2) is 42.3 Å². The van der Waals surface area contributed by atoms with Crippen LogP contribution in [0.5, 0.6) is 0 Å². The van der Waals surface area contributed by atoms with Crippen molar-refractivity contribution in [2.24, 2.45) is 7.05 Å². The summed E-state index contributed by atoms with van der Waals surface area (Å²) in [5, 5.41) is 12.1. The molecule has 3 aromatic heterocycles. The Morgan fingerprint density at radius 1 is 1.39 bits per heavy atom. The van der Waals surface area contributed by atoms with Gasteiger partial charge in [-0.15, -0.1) is 0 Å². The highest BCUT2D eigenvalue weighted by atomic mass is 16.2. The zero-order chi connectivity index (χ0) is 16.0. The molecular weight excluding hydrogens is 292 g/mol. The largest absolute Gasteiger partial charge is 0.331 e. The molecule has 3 aromatic rings. The van der Waals surface area contributed by atoms with Gasteiger partial charge in [0, 0.05) is 42.6 Å². The quantitative estimate of drug-likeness (QED) is 0.785. The second-order valence-corrected chi connectivity index (χ2v) is 6.05. The van der Waals surface area contributed by atoms with Gasteiger partial charge in [0.05, 0.1) is 17.8 Å². The molecule has 1 aliphatic rings. The first-order chi connectivity index (χ1) is 11.1. The molecule has 1 fully saturated rings. The predicted molar refractivity (Wildman–Crippen MR) is 84.8 cm³/mol. The fourth-order valence-corrected chi connectivity index (χ4v) is 3.27. The third-order valence-corrected chi connectivity index (χ3v) is 4.47. The number of nitrogens with one attached hydrogen (secondary N) is 1. The van der Waals surface area contributed by atoms with Crippen LogP contribution in [0.4, 0.5) is 0 Å². The van der Waals surface area contributed by atoms with E-state index in [0.29, 0.717) is 11.2 Å². The Hall–Kier alpha value is -2.70. The van der Waals surface area contributed by atoms with E-state index in [1.807, 2.05) is 37.3 Å². The monoisotopic (exact) mass is 310 g/mol. The SMILES string of the molecule is Cc1[nH]nc2ncc(C(=O)N3CCC[C@@H]3c3cnn(C)c3)cc12. The molecular formula is C16H18N6O. The van der Waals surface area contributed by atoms with E-state index in [1.165, 1.54) is 0 Å². The normalized spacial score (nSPS) is 18.0. The number of fused-ring (bicyclic) bond motifs is 1. The fraction of sp³-hybridized carbons (Fsp3) is 0.375. The third kappa shape index (κ3) is 2.28. The molecule has 1 N–H and O–H groups in total. The van der Waals surface area contributed by atoms with E-state index in [0.717, 1.165) is 36.0 Å². The first-order valence-corrected chi connectivity index (χ1v) is 7.74. The lowest BCUT2D eigenvalue weighted by molar-refractivity contribution is 0.0735. The van der Waals surface area contributed by atoms with Gasteiger partial charge < -0.3 is 4.90 Å². The van der Waals surface area contributed by atoms with E-state index in [4.69, 9.17) is 0 Å². The molecule has 1 aliphatic heterocycles. The molecule has 1 saturated heterocycles. The summed E-state index contributed by atoms with van der Waals surface area (Å²) in [5.74, 6) is 0.0198. The van der Waals surface area contributed by atoms with E-state index >= 15 is 0 Å². The molecule has 1 amide bonds. The second kappa shape index (κ2) is 5.19. The number of hydrogen-bond donors (Lipinski definition) is 1. The maximum atomic E-state index is 12.9.